The van der Waals surface area contributed by atoms with Gasteiger partial charge in [-0.15, -0.1) is 0 Å². The molecular weight excluding hydrogens is 302 g/mol. The Balaban J connectivity index is 2.45. The van der Waals surface area contributed by atoms with Gasteiger partial charge in [-0.2, -0.15) is 0 Å². The Kier molecular flexibility index (Phi) is 5.64. The van der Waals surface area contributed by atoms with Gasteiger partial charge in [-0.25, -0.2) is 0 Å². The minimum Gasteiger partial charge on any atom is -0.481 e. The fourth-order valence-electron chi connectivity index (χ4n) is 1.22. The predicted molar refractivity (Wildman–Crippen MR) is 69.5 cm³/mol. The highest BCUT2D eigenvalue weighted by Gasteiger charge is 2.15. The SMILES string of the molecule is CC(Oc1ccccc1Br)C(=O)NCCC(=O)O. The monoisotopic (exact) mass is 315 g/mol. The lowest BCUT2D eigenvalue weighted by molar-refractivity contribution is -0.137. The van der Waals surface area contributed by atoms with Crippen molar-refractivity contribution < 1.29 is 19.4 Å². The first-order valence-corrected chi connectivity index (χ1v) is 6.20. The number of hydrogen-bond acceptors (Lipinski definition) is 3. The number of carboxylic acid groups (broad SMARTS) is 1. The summed E-state index contributed by atoms with van der Waals surface area (Å²) in [6.45, 7) is 1.70. The second kappa shape index (κ2) is 7.00. The van der Waals surface area contributed by atoms with Crippen LogP contribution in [0.1, 0.15) is 13.3 Å². The van der Waals surface area contributed by atoms with E-state index in [4.69, 9.17) is 9.84 Å². The number of aliphatic carboxylic acids is 1. The fourth-order valence-corrected chi connectivity index (χ4v) is 1.60. The number of hydrogen-bond donors (Lipinski definition) is 2. The van der Waals surface area contributed by atoms with Crippen LogP contribution < -0.4 is 10.1 Å². The van der Waals surface area contributed by atoms with E-state index in [0.717, 1.165) is 4.47 Å². The molecule has 1 atom stereocenters. The third-order valence-corrected chi connectivity index (χ3v) is 2.80. The summed E-state index contributed by atoms with van der Waals surface area (Å²) in [5.74, 6) is -0.722. The molecule has 0 fully saturated rings. The van der Waals surface area contributed by atoms with Crippen molar-refractivity contribution in [2.45, 2.75) is 19.4 Å². The third-order valence-electron chi connectivity index (χ3n) is 2.15. The summed E-state index contributed by atoms with van der Waals surface area (Å²) in [4.78, 5) is 21.9. The zero-order valence-electron chi connectivity index (χ0n) is 9.85. The Hall–Kier alpha value is -1.56. The quantitative estimate of drug-likeness (QED) is 0.839. The molecule has 0 aliphatic heterocycles. The van der Waals surface area contributed by atoms with Crippen LogP contribution in [0.3, 0.4) is 0 Å². The lowest BCUT2D eigenvalue weighted by atomic mass is 10.3. The van der Waals surface area contributed by atoms with Gasteiger partial charge >= 0.3 is 5.97 Å². The Labute approximate surface area is 113 Å². The molecular formula is C12H14BrNO4. The first-order chi connectivity index (χ1) is 8.50. The van der Waals surface area contributed by atoms with Gasteiger partial charge in [0.25, 0.3) is 5.91 Å². The second-order valence-corrected chi connectivity index (χ2v) is 4.48. The van der Waals surface area contributed by atoms with Crippen LogP contribution in [0.5, 0.6) is 5.75 Å². The molecule has 0 aromatic heterocycles. The summed E-state index contributed by atoms with van der Waals surface area (Å²) in [5, 5.41) is 10.9. The number of carboxylic acids is 1. The zero-order valence-corrected chi connectivity index (χ0v) is 11.4. The number of carbonyl (C=O) groups is 2. The molecule has 18 heavy (non-hydrogen) atoms. The third kappa shape index (κ3) is 4.75. The van der Waals surface area contributed by atoms with Crippen molar-refractivity contribution in [3.05, 3.63) is 28.7 Å². The maximum absolute atomic E-state index is 11.6. The van der Waals surface area contributed by atoms with Gasteiger partial charge in [0.15, 0.2) is 6.10 Å². The molecule has 1 aromatic carbocycles. The summed E-state index contributed by atoms with van der Waals surface area (Å²) in [6.07, 6.45) is -0.787. The van der Waals surface area contributed by atoms with Crippen LogP contribution in [-0.2, 0) is 9.59 Å². The van der Waals surface area contributed by atoms with E-state index in [2.05, 4.69) is 21.2 Å². The Morgan fingerprint density at radius 2 is 2.11 bits per heavy atom. The smallest absolute Gasteiger partial charge is 0.305 e. The number of nitrogens with one attached hydrogen (secondary N) is 1. The van der Waals surface area contributed by atoms with Crippen LogP contribution in [0.25, 0.3) is 0 Å². The van der Waals surface area contributed by atoms with Crippen molar-refractivity contribution in [2.24, 2.45) is 0 Å². The number of rotatable bonds is 6. The van der Waals surface area contributed by atoms with Crippen molar-refractivity contribution in [1.29, 1.82) is 0 Å². The van der Waals surface area contributed by atoms with E-state index in [1.54, 1.807) is 19.1 Å². The average Bonchev–Trinajstić information content (AvgIpc) is 2.31. The van der Waals surface area contributed by atoms with Gasteiger partial charge in [0.05, 0.1) is 10.9 Å². The largest absolute Gasteiger partial charge is 0.481 e. The number of halogens is 1. The maximum Gasteiger partial charge on any atom is 0.305 e. The highest BCUT2D eigenvalue weighted by atomic mass is 79.9. The highest BCUT2D eigenvalue weighted by Crippen LogP contribution is 2.24. The van der Waals surface area contributed by atoms with Gasteiger partial charge in [0.1, 0.15) is 5.75 Å². The van der Waals surface area contributed by atoms with Crippen molar-refractivity contribution in [3.8, 4) is 5.75 Å². The summed E-state index contributed by atoms with van der Waals surface area (Å²) >= 11 is 3.31. The van der Waals surface area contributed by atoms with E-state index >= 15 is 0 Å². The van der Waals surface area contributed by atoms with E-state index in [1.165, 1.54) is 0 Å². The number of benzene rings is 1. The first kappa shape index (κ1) is 14.5. The van der Waals surface area contributed by atoms with Gasteiger partial charge < -0.3 is 15.2 Å². The standard InChI is InChI=1S/C12H14BrNO4/c1-8(12(17)14-7-6-11(15)16)18-10-5-3-2-4-9(10)13/h2-5,8H,6-7H2,1H3,(H,14,17)(H,15,16). The van der Waals surface area contributed by atoms with Crippen molar-refractivity contribution in [1.82, 2.24) is 5.32 Å². The van der Waals surface area contributed by atoms with Crippen LogP contribution >= 0.6 is 15.9 Å². The summed E-state index contributed by atoms with van der Waals surface area (Å²) < 4.78 is 6.22. The lowest BCUT2D eigenvalue weighted by Crippen LogP contribution is -2.37. The molecule has 0 spiro atoms. The van der Waals surface area contributed by atoms with Crippen molar-refractivity contribution in [3.63, 3.8) is 0 Å². The van der Waals surface area contributed by atoms with E-state index in [-0.39, 0.29) is 18.9 Å². The topological polar surface area (TPSA) is 75.6 Å². The molecule has 0 heterocycles. The van der Waals surface area contributed by atoms with Gasteiger partial charge in [-0.1, -0.05) is 12.1 Å². The maximum atomic E-state index is 11.6. The summed E-state index contributed by atoms with van der Waals surface area (Å²) in [7, 11) is 0. The van der Waals surface area contributed by atoms with Crippen LogP contribution in [0, 0.1) is 0 Å². The summed E-state index contributed by atoms with van der Waals surface area (Å²) in [5.41, 5.74) is 0. The lowest BCUT2D eigenvalue weighted by Gasteiger charge is -2.15. The van der Waals surface area contributed by atoms with Crippen LogP contribution in [0.4, 0.5) is 0 Å². The molecule has 2 N–H and O–H groups in total. The van der Waals surface area contributed by atoms with Crippen LogP contribution in [0.2, 0.25) is 0 Å². The average molecular weight is 316 g/mol. The molecule has 0 aliphatic rings. The van der Waals surface area contributed by atoms with Gasteiger partial charge in [-0.05, 0) is 35.0 Å². The Morgan fingerprint density at radius 3 is 2.72 bits per heavy atom. The predicted octanol–water partition coefficient (Wildman–Crippen LogP) is 1.81. The minimum absolute atomic E-state index is 0.0951. The van der Waals surface area contributed by atoms with Gasteiger partial charge in [0, 0.05) is 6.54 Å². The minimum atomic E-state index is -0.949. The Bertz CT molecular complexity index is 436. The molecule has 5 nitrogen and oxygen atoms in total. The fraction of sp³-hybridized carbons (Fsp3) is 0.333. The van der Waals surface area contributed by atoms with Crippen molar-refractivity contribution >= 4 is 27.8 Å². The molecule has 1 amide bonds. The number of para-hydroxylation sites is 1. The summed E-state index contributed by atoms with van der Waals surface area (Å²) in [6, 6.07) is 7.19. The van der Waals surface area contributed by atoms with Crippen LogP contribution in [-0.4, -0.2) is 29.6 Å². The molecule has 0 radical (unpaired) electrons. The molecule has 98 valence electrons. The number of ether oxygens (including phenoxy) is 1. The molecule has 0 saturated carbocycles. The number of amides is 1. The number of carbonyl (C=O) groups excluding carboxylic acids is 1. The molecule has 1 aromatic rings. The van der Waals surface area contributed by atoms with E-state index < -0.39 is 12.1 Å². The van der Waals surface area contributed by atoms with Gasteiger partial charge in [-0.3, -0.25) is 9.59 Å². The molecule has 1 rings (SSSR count). The normalized spacial score (nSPS) is 11.7. The second-order valence-electron chi connectivity index (χ2n) is 3.63. The van der Waals surface area contributed by atoms with Crippen molar-refractivity contribution in [2.75, 3.05) is 6.54 Å². The van der Waals surface area contributed by atoms with E-state index in [0.29, 0.717) is 5.75 Å². The highest BCUT2D eigenvalue weighted by molar-refractivity contribution is 9.10. The van der Waals surface area contributed by atoms with Gasteiger partial charge in [0.2, 0.25) is 0 Å². The molecule has 0 bridgehead atoms. The van der Waals surface area contributed by atoms with E-state index in [1.807, 2.05) is 12.1 Å². The molecule has 0 aliphatic carbocycles. The Morgan fingerprint density at radius 1 is 1.44 bits per heavy atom. The van der Waals surface area contributed by atoms with Crippen LogP contribution in [0.15, 0.2) is 28.7 Å². The zero-order chi connectivity index (χ0) is 13.5. The van der Waals surface area contributed by atoms with E-state index in [9.17, 15) is 9.59 Å². The molecule has 0 saturated heterocycles. The molecule has 6 heteroatoms. The first-order valence-electron chi connectivity index (χ1n) is 5.41. The molecule has 1 unspecified atom stereocenters.